The van der Waals surface area contributed by atoms with Gasteiger partial charge in [0.2, 0.25) is 0 Å². The maximum Gasteiger partial charge on any atom is 0.422 e. The Kier molecular flexibility index (Phi) is 5.11. The van der Waals surface area contributed by atoms with Gasteiger partial charge in [0.15, 0.2) is 6.61 Å². The van der Waals surface area contributed by atoms with Crippen LogP contribution in [0, 0.1) is 0 Å². The fraction of sp³-hybridized carbons (Fsp3) is 0.600. The highest BCUT2D eigenvalue weighted by atomic mass is 19.4. The topological polar surface area (TPSA) is 41.5 Å². The molecule has 118 valence electrons. The summed E-state index contributed by atoms with van der Waals surface area (Å²) in [5, 5.41) is 13.3. The average Bonchev–Trinajstić information content (AvgIpc) is 2.83. The predicted octanol–water partition coefficient (Wildman–Crippen LogP) is 3.02. The Bertz CT molecular complexity index is 456. The number of ether oxygens (including phenoxy) is 1. The third-order valence-corrected chi connectivity index (χ3v) is 3.62. The zero-order valence-electron chi connectivity index (χ0n) is 11.7. The molecule has 1 aliphatic carbocycles. The molecule has 1 aromatic carbocycles. The summed E-state index contributed by atoms with van der Waals surface area (Å²) in [6, 6.07) is 6.55. The molecular formula is C15H20F3NO2. The second-order valence-electron chi connectivity index (χ2n) is 5.59. The lowest BCUT2D eigenvalue weighted by molar-refractivity contribution is -0.153. The van der Waals surface area contributed by atoms with E-state index in [1.165, 1.54) is 6.07 Å². The van der Waals surface area contributed by atoms with Gasteiger partial charge >= 0.3 is 6.18 Å². The normalized spacial score (nSPS) is 17.9. The largest absolute Gasteiger partial charge is 0.484 e. The van der Waals surface area contributed by atoms with Crippen LogP contribution in [0.1, 0.15) is 31.2 Å². The Morgan fingerprint density at radius 1 is 1.24 bits per heavy atom. The van der Waals surface area contributed by atoms with E-state index in [9.17, 15) is 18.3 Å². The summed E-state index contributed by atoms with van der Waals surface area (Å²) >= 11 is 0. The van der Waals surface area contributed by atoms with Crippen molar-refractivity contribution in [1.82, 2.24) is 5.32 Å². The summed E-state index contributed by atoms with van der Waals surface area (Å²) in [6.07, 6.45) is -0.651. The summed E-state index contributed by atoms with van der Waals surface area (Å²) in [7, 11) is 0. The molecule has 1 fully saturated rings. The number of rotatable bonds is 6. The molecule has 21 heavy (non-hydrogen) atoms. The summed E-state index contributed by atoms with van der Waals surface area (Å²) in [6.45, 7) is -0.296. The van der Waals surface area contributed by atoms with Crippen LogP contribution in [0.3, 0.4) is 0 Å². The molecule has 0 radical (unpaired) electrons. The van der Waals surface area contributed by atoms with Crippen molar-refractivity contribution in [1.29, 1.82) is 0 Å². The summed E-state index contributed by atoms with van der Waals surface area (Å²) < 4.78 is 41.0. The Balaban J connectivity index is 1.80. The molecule has 3 nitrogen and oxygen atoms in total. The molecule has 0 aliphatic heterocycles. The van der Waals surface area contributed by atoms with E-state index in [-0.39, 0.29) is 5.75 Å². The summed E-state index contributed by atoms with van der Waals surface area (Å²) in [4.78, 5) is 0. The van der Waals surface area contributed by atoms with Crippen LogP contribution in [-0.2, 0) is 6.54 Å². The van der Waals surface area contributed by atoms with Gasteiger partial charge in [-0.05, 0) is 30.5 Å². The van der Waals surface area contributed by atoms with Gasteiger partial charge in [0.05, 0.1) is 5.60 Å². The molecule has 0 amide bonds. The minimum absolute atomic E-state index is 0.200. The molecule has 0 bridgehead atoms. The molecule has 1 aliphatic rings. The number of hydrogen-bond donors (Lipinski definition) is 2. The van der Waals surface area contributed by atoms with Crippen LogP contribution in [0.15, 0.2) is 24.3 Å². The first-order valence-electron chi connectivity index (χ1n) is 7.08. The second kappa shape index (κ2) is 6.66. The zero-order chi connectivity index (χ0) is 15.3. The first-order valence-corrected chi connectivity index (χ1v) is 7.08. The number of alkyl halides is 3. The van der Waals surface area contributed by atoms with Gasteiger partial charge in [-0.3, -0.25) is 0 Å². The molecule has 2 N–H and O–H groups in total. The fourth-order valence-corrected chi connectivity index (χ4v) is 2.56. The van der Waals surface area contributed by atoms with Crippen LogP contribution < -0.4 is 10.1 Å². The first-order chi connectivity index (χ1) is 9.86. The number of nitrogens with one attached hydrogen (secondary N) is 1. The van der Waals surface area contributed by atoms with Gasteiger partial charge in [0, 0.05) is 13.1 Å². The van der Waals surface area contributed by atoms with Crippen molar-refractivity contribution in [3.05, 3.63) is 29.8 Å². The minimum Gasteiger partial charge on any atom is -0.484 e. The van der Waals surface area contributed by atoms with Crippen molar-refractivity contribution in [3.8, 4) is 5.75 Å². The molecule has 0 unspecified atom stereocenters. The highest BCUT2D eigenvalue weighted by molar-refractivity contribution is 5.28. The van der Waals surface area contributed by atoms with E-state index in [0.717, 1.165) is 31.2 Å². The quantitative estimate of drug-likeness (QED) is 0.849. The Hall–Kier alpha value is -1.27. The Morgan fingerprint density at radius 2 is 1.95 bits per heavy atom. The van der Waals surface area contributed by atoms with Crippen molar-refractivity contribution >= 4 is 0 Å². The van der Waals surface area contributed by atoms with E-state index < -0.39 is 18.4 Å². The Labute approximate surface area is 122 Å². The van der Waals surface area contributed by atoms with E-state index >= 15 is 0 Å². The SMILES string of the molecule is OC1(CNCc2cccc(OCC(F)(F)F)c2)CCCC1. The second-order valence-corrected chi connectivity index (χ2v) is 5.59. The molecule has 1 aromatic rings. The van der Waals surface area contributed by atoms with Crippen molar-refractivity contribution < 1.29 is 23.0 Å². The predicted molar refractivity (Wildman–Crippen MR) is 73.1 cm³/mol. The summed E-state index contributed by atoms with van der Waals surface area (Å²) in [5.74, 6) is 0.200. The number of halogens is 3. The highest BCUT2D eigenvalue weighted by Gasteiger charge is 2.30. The maximum absolute atomic E-state index is 12.1. The van der Waals surface area contributed by atoms with Crippen molar-refractivity contribution in [2.24, 2.45) is 0 Å². The molecule has 0 spiro atoms. The van der Waals surface area contributed by atoms with Gasteiger partial charge in [-0.2, -0.15) is 13.2 Å². The van der Waals surface area contributed by atoms with Crippen LogP contribution in [0.5, 0.6) is 5.75 Å². The van der Waals surface area contributed by atoms with Crippen LogP contribution in [0.25, 0.3) is 0 Å². The van der Waals surface area contributed by atoms with Crippen LogP contribution >= 0.6 is 0 Å². The van der Waals surface area contributed by atoms with E-state index in [2.05, 4.69) is 5.32 Å². The van der Waals surface area contributed by atoms with E-state index in [0.29, 0.717) is 13.1 Å². The fourth-order valence-electron chi connectivity index (χ4n) is 2.56. The lowest BCUT2D eigenvalue weighted by Crippen LogP contribution is -2.37. The molecule has 1 saturated carbocycles. The molecule has 6 heteroatoms. The van der Waals surface area contributed by atoms with Crippen LogP contribution in [-0.4, -0.2) is 30.0 Å². The van der Waals surface area contributed by atoms with E-state index in [1.54, 1.807) is 12.1 Å². The minimum atomic E-state index is -4.33. The van der Waals surface area contributed by atoms with Gasteiger partial charge in [-0.25, -0.2) is 0 Å². The molecule has 0 heterocycles. The average molecular weight is 303 g/mol. The third-order valence-electron chi connectivity index (χ3n) is 3.62. The highest BCUT2D eigenvalue weighted by Crippen LogP contribution is 2.28. The summed E-state index contributed by atoms with van der Waals surface area (Å²) in [5.41, 5.74) is 0.195. The van der Waals surface area contributed by atoms with Crippen molar-refractivity contribution in [3.63, 3.8) is 0 Å². The maximum atomic E-state index is 12.1. The molecule has 0 aromatic heterocycles. The molecule has 0 atom stereocenters. The Morgan fingerprint density at radius 3 is 2.62 bits per heavy atom. The standard InChI is InChI=1S/C15H20F3NO2/c16-15(17,18)11-21-13-5-3-4-12(8-13)9-19-10-14(20)6-1-2-7-14/h3-5,8,19-20H,1-2,6-7,9-11H2. The zero-order valence-corrected chi connectivity index (χ0v) is 11.7. The van der Waals surface area contributed by atoms with Gasteiger partial charge < -0.3 is 15.2 Å². The number of aliphatic hydroxyl groups is 1. The van der Waals surface area contributed by atoms with Crippen LogP contribution in [0.4, 0.5) is 13.2 Å². The first kappa shape index (κ1) is 16.1. The van der Waals surface area contributed by atoms with E-state index in [1.807, 2.05) is 6.07 Å². The third kappa shape index (κ3) is 5.55. The van der Waals surface area contributed by atoms with Gasteiger partial charge in [-0.15, -0.1) is 0 Å². The van der Waals surface area contributed by atoms with Crippen LogP contribution in [0.2, 0.25) is 0 Å². The molecule has 2 rings (SSSR count). The molecular weight excluding hydrogens is 283 g/mol. The van der Waals surface area contributed by atoms with Gasteiger partial charge in [-0.1, -0.05) is 25.0 Å². The number of benzene rings is 1. The van der Waals surface area contributed by atoms with Crippen molar-refractivity contribution in [2.45, 2.75) is 44.0 Å². The van der Waals surface area contributed by atoms with Gasteiger partial charge in [0.1, 0.15) is 5.75 Å². The molecule has 0 saturated heterocycles. The smallest absolute Gasteiger partial charge is 0.422 e. The van der Waals surface area contributed by atoms with Crippen molar-refractivity contribution in [2.75, 3.05) is 13.2 Å². The lowest BCUT2D eigenvalue weighted by Gasteiger charge is -2.22. The monoisotopic (exact) mass is 303 g/mol. The van der Waals surface area contributed by atoms with Gasteiger partial charge in [0.25, 0.3) is 0 Å². The number of hydrogen-bond acceptors (Lipinski definition) is 3. The lowest BCUT2D eigenvalue weighted by atomic mass is 10.0. The van der Waals surface area contributed by atoms with E-state index in [4.69, 9.17) is 4.74 Å².